The smallest absolute Gasteiger partial charge is 0.0828 e. The Bertz CT molecular complexity index is 632. The fraction of sp³-hybridized carbons (Fsp3) is 0.588. The number of hydrogen-bond acceptors (Lipinski definition) is 2. The third-order valence-corrected chi connectivity index (χ3v) is 4.26. The van der Waals surface area contributed by atoms with Gasteiger partial charge in [-0.05, 0) is 60.1 Å². The quantitative estimate of drug-likeness (QED) is 0.897. The predicted molar refractivity (Wildman–Crippen MR) is 89.0 cm³/mol. The molecule has 2 heterocycles. The van der Waals surface area contributed by atoms with Gasteiger partial charge in [0.05, 0.1) is 17.1 Å². The number of nitrogens with one attached hydrogen (secondary N) is 1. The Morgan fingerprint density at radius 1 is 1.14 bits per heavy atom. The molecule has 0 unspecified atom stereocenters. The van der Waals surface area contributed by atoms with Crippen molar-refractivity contribution in [3.63, 3.8) is 0 Å². The average molecular weight is 288 g/mol. The number of anilines is 1. The van der Waals surface area contributed by atoms with Gasteiger partial charge in [0.1, 0.15) is 0 Å². The molecule has 0 fully saturated rings. The SMILES string of the molecule is CCn1c(C)cc(CNc2c(C)nn(C(C)C)c2C)c1C. The standard InChI is InChI=1S/C17H28N4/c1-8-20-12(4)9-16(14(20)6)10-18-17-13(5)19-21(11(2)3)15(17)7/h9,11,18H,8,10H2,1-7H3. The highest BCUT2D eigenvalue weighted by Crippen LogP contribution is 2.24. The molecule has 1 N–H and O–H groups in total. The molecule has 4 nitrogen and oxygen atoms in total. The van der Waals surface area contributed by atoms with Crippen LogP contribution in [0.2, 0.25) is 0 Å². The van der Waals surface area contributed by atoms with Gasteiger partial charge in [-0.15, -0.1) is 0 Å². The summed E-state index contributed by atoms with van der Waals surface area (Å²) in [6, 6.07) is 2.67. The maximum absolute atomic E-state index is 4.63. The van der Waals surface area contributed by atoms with Crippen LogP contribution >= 0.6 is 0 Å². The third kappa shape index (κ3) is 2.85. The van der Waals surface area contributed by atoms with Gasteiger partial charge >= 0.3 is 0 Å². The van der Waals surface area contributed by atoms with Gasteiger partial charge in [-0.3, -0.25) is 4.68 Å². The van der Waals surface area contributed by atoms with Crippen LogP contribution in [0, 0.1) is 27.7 Å². The first kappa shape index (κ1) is 15.7. The summed E-state index contributed by atoms with van der Waals surface area (Å²) in [6.07, 6.45) is 0. The molecule has 0 aliphatic carbocycles. The van der Waals surface area contributed by atoms with Crippen molar-refractivity contribution in [1.29, 1.82) is 0 Å². The molecule has 21 heavy (non-hydrogen) atoms. The number of rotatable bonds is 5. The van der Waals surface area contributed by atoms with Gasteiger partial charge < -0.3 is 9.88 Å². The van der Waals surface area contributed by atoms with Crippen LogP contribution < -0.4 is 5.32 Å². The summed E-state index contributed by atoms with van der Waals surface area (Å²) in [4.78, 5) is 0. The zero-order valence-corrected chi connectivity index (χ0v) is 14.4. The molecule has 0 aliphatic rings. The van der Waals surface area contributed by atoms with Gasteiger partial charge in [-0.25, -0.2) is 0 Å². The molecule has 0 radical (unpaired) electrons. The molecule has 0 amide bonds. The molecular formula is C17H28N4. The minimum absolute atomic E-state index is 0.393. The van der Waals surface area contributed by atoms with E-state index in [4.69, 9.17) is 0 Å². The van der Waals surface area contributed by atoms with Gasteiger partial charge in [0.2, 0.25) is 0 Å². The largest absolute Gasteiger partial charge is 0.378 e. The van der Waals surface area contributed by atoms with Crippen LogP contribution in [0.15, 0.2) is 6.07 Å². The second-order valence-electron chi connectivity index (χ2n) is 6.08. The molecular weight excluding hydrogens is 260 g/mol. The second-order valence-corrected chi connectivity index (χ2v) is 6.08. The Labute approximate surface area is 128 Å². The van der Waals surface area contributed by atoms with E-state index in [1.54, 1.807) is 0 Å². The molecule has 2 aromatic heterocycles. The Balaban J connectivity index is 2.21. The van der Waals surface area contributed by atoms with E-state index in [1.807, 2.05) is 0 Å². The van der Waals surface area contributed by atoms with E-state index in [2.05, 4.69) is 74.2 Å². The maximum atomic E-state index is 4.63. The number of hydrogen-bond donors (Lipinski definition) is 1. The van der Waals surface area contributed by atoms with E-state index < -0.39 is 0 Å². The monoisotopic (exact) mass is 288 g/mol. The summed E-state index contributed by atoms with van der Waals surface area (Å²) < 4.78 is 4.45. The van der Waals surface area contributed by atoms with E-state index >= 15 is 0 Å². The molecule has 0 bridgehead atoms. The summed E-state index contributed by atoms with van der Waals surface area (Å²) >= 11 is 0. The van der Waals surface area contributed by atoms with Gasteiger partial charge in [0.25, 0.3) is 0 Å². The Morgan fingerprint density at radius 2 is 1.81 bits per heavy atom. The first-order chi connectivity index (χ1) is 9.86. The maximum Gasteiger partial charge on any atom is 0.0828 e. The van der Waals surface area contributed by atoms with Crippen LogP contribution in [-0.2, 0) is 13.1 Å². The topological polar surface area (TPSA) is 34.8 Å². The molecule has 116 valence electrons. The molecule has 4 heteroatoms. The Hall–Kier alpha value is -1.71. The van der Waals surface area contributed by atoms with Crippen molar-refractivity contribution in [3.8, 4) is 0 Å². The first-order valence-electron chi connectivity index (χ1n) is 7.82. The zero-order valence-electron chi connectivity index (χ0n) is 14.4. The number of aromatic nitrogens is 3. The van der Waals surface area contributed by atoms with Gasteiger partial charge in [-0.2, -0.15) is 5.10 Å². The zero-order chi connectivity index (χ0) is 15.7. The van der Waals surface area contributed by atoms with Crippen LogP contribution in [0.25, 0.3) is 0 Å². The molecule has 0 spiro atoms. The molecule has 0 saturated heterocycles. The summed E-state index contributed by atoms with van der Waals surface area (Å²) in [6.45, 7) is 17.0. The average Bonchev–Trinajstić information content (AvgIpc) is 2.85. The normalized spacial score (nSPS) is 11.4. The molecule has 2 rings (SSSR count). The Morgan fingerprint density at radius 3 is 2.29 bits per heavy atom. The van der Waals surface area contributed by atoms with Crippen molar-refractivity contribution in [2.45, 2.75) is 67.6 Å². The first-order valence-corrected chi connectivity index (χ1v) is 7.82. The summed E-state index contributed by atoms with van der Waals surface area (Å²) in [7, 11) is 0. The van der Waals surface area contributed by atoms with Crippen LogP contribution in [0.4, 0.5) is 5.69 Å². The lowest BCUT2D eigenvalue weighted by molar-refractivity contribution is 0.516. The highest BCUT2D eigenvalue weighted by molar-refractivity contribution is 5.52. The fourth-order valence-electron chi connectivity index (χ4n) is 3.14. The van der Waals surface area contributed by atoms with Crippen LogP contribution in [0.3, 0.4) is 0 Å². The number of aryl methyl sites for hydroxylation is 2. The van der Waals surface area contributed by atoms with Gasteiger partial charge in [0, 0.05) is 30.5 Å². The lowest BCUT2D eigenvalue weighted by Gasteiger charge is -2.10. The predicted octanol–water partition coefficient (Wildman–Crippen LogP) is 4.13. The Kier molecular flexibility index (Phi) is 4.45. The minimum atomic E-state index is 0.393. The van der Waals surface area contributed by atoms with E-state index in [0.29, 0.717) is 6.04 Å². The molecule has 2 aromatic rings. The second kappa shape index (κ2) is 5.96. The van der Waals surface area contributed by atoms with Crippen LogP contribution in [-0.4, -0.2) is 14.3 Å². The van der Waals surface area contributed by atoms with E-state index in [-0.39, 0.29) is 0 Å². The summed E-state index contributed by atoms with van der Waals surface area (Å²) in [5, 5.41) is 8.21. The van der Waals surface area contributed by atoms with Crippen molar-refractivity contribution >= 4 is 5.69 Å². The lowest BCUT2D eigenvalue weighted by atomic mass is 10.2. The molecule has 0 atom stereocenters. The van der Waals surface area contributed by atoms with Gasteiger partial charge in [-0.1, -0.05) is 0 Å². The molecule has 0 saturated carbocycles. The third-order valence-electron chi connectivity index (χ3n) is 4.26. The highest BCUT2D eigenvalue weighted by Gasteiger charge is 2.14. The van der Waals surface area contributed by atoms with Crippen molar-refractivity contribution in [2.24, 2.45) is 0 Å². The van der Waals surface area contributed by atoms with Crippen LogP contribution in [0.1, 0.15) is 55.2 Å². The highest BCUT2D eigenvalue weighted by atomic mass is 15.3. The van der Waals surface area contributed by atoms with Gasteiger partial charge in [0.15, 0.2) is 0 Å². The lowest BCUT2D eigenvalue weighted by Crippen LogP contribution is -2.06. The van der Waals surface area contributed by atoms with E-state index in [0.717, 1.165) is 18.8 Å². The van der Waals surface area contributed by atoms with Crippen molar-refractivity contribution in [3.05, 3.63) is 34.4 Å². The fourth-order valence-corrected chi connectivity index (χ4v) is 3.14. The molecule has 0 aliphatic heterocycles. The summed E-state index contributed by atoms with van der Waals surface area (Å²) in [5.74, 6) is 0. The van der Waals surface area contributed by atoms with Crippen molar-refractivity contribution in [1.82, 2.24) is 14.3 Å². The van der Waals surface area contributed by atoms with Crippen molar-refractivity contribution < 1.29 is 0 Å². The minimum Gasteiger partial charge on any atom is -0.378 e. The number of nitrogens with zero attached hydrogens (tertiary/aromatic N) is 3. The summed E-state index contributed by atoms with van der Waals surface area (Å²) in [5.41, 5.74) is 7.51. The van der Waals surface area contributed by atoms with Crippen molar-refractivity contribution in [2.75, 3.05) is 5.32 Å². The molecule has 0 aromatic carbocycles. The van der Waals surface area contributed by atoms with E-state index in [9.17, 15) is 0 Å². The van der Waals surface area contributed by atoms with E-state index in [1.165, 1.54) is 28.3 Å². The van der Waals surface area contributed by atoms with Crippen LogP contribution in [0.5, 0.6) is 0 Å².